The van der Waals surface area contributed by atoms with Crippen molar-refractivity contribution in [1.82, 2.24) is 0 Å². The SMILES string of the molecule is O=S(=O)(O)OC[C@H]1O[C@H](OCC(O)CO)[C@H](O)[C@@H](O)[C@@H]1O. The van der Waals surface area contributed by atoms with Gasteiger partial charge in [0.05, 0.1) is 19.8 Å². The van der Waals surface area contributed by atoms with Gasteiger partial charge in [-0.15, -0.1) is 0 Å². The molecule has 11 nitrogen and oxygen atoms in total. The predicted molar refractivity (Wildman–Crippen MR) is 63.2 cm³/mol. The third kappa shape index (κ3) is 5.71. The van der Waals surface area contributed by atoms with Crippen LogP contribution in [0.25, 0.3) is 0 Å². The van der Waals surface area contributed by atoms with E-state index in [1.165, 1.54) is 0 Å². The average molecular weight is 334 g/mol. The first-order valence-corrected chi connectivity index (χ1v) is 7.24. The Balaban J connectivity index is 2.64. The number of rotatable bonds is 7. The molecule has 1 heterocycles. The molecule has 21 heavy (non-hydrogen) atoms. The Bertz CT molecular complexity index is 412. The highest BCUT2D eigenvalue weighted by Crippen LogP contribution is 2.22. The molecule has 0 aromatic heterocycles. The van der Waals surface area contributed by atoms with Crippen LogP contribution in [0.2, 0.25) is 0 Å². The molecule has 0 amide bonds. The Hall–Kier alpha value is -0.410. The monoisotopic (exact) mass is 334 g/mol. The van der Waals surface area contributed by atoms with Gasteiger partial charge >= 0.3 is 10.4 Å². The number of hydrogen-bond acceptors (Lipinski definition) is 10. The standard InChI is InChI=1S/C9H18O11S/c10-1-4(11)2-18-9-8(14)7(13)6(12)5(20-9)3-19-21(15,16)17/h4-14H,1-3H2,(H,15,16,17)/t4?,5-,6-,7+,8-,9+/m1/s1. The molecule has 0 spiro atoms. The van der Waals surface area contributed by atoms with E-state index in [1.807, 2.05) is 0 Å². The fourth-order valence-corrected chi connectivity index (χ4v) is 1.91. The van der Waals surface area contributed by atoms with Crippen molar-refractivity contribution in [1.29, 1.82) is 0 Å². The lowest BCUT2D eigenvalue weighted by Crippen LogP contribution is -2.59. The van der Waals surface area contributed by atoms with Gasteiger partial charge in [-0.3, -0.25) is 4.55 Å². The van der Waals surface area contributed by atoms with E-state index in [-0.39, 0.29) is 0 Å². The zero-order valence-corrected chi connectivity index (χ0v) is 11.5. The molecule has 6 N–H and O–H groups in total. The molecular weight excluding hydrogens is 316 g/mol. The molecule has 0 radical (unpaired) electrons. The van der Waals surface area contributed by atoms with Crippen LogP contribution in [0.5, 0.6) is 0 Å². The van der Waals surface area contributed by atoms with Gasteiger partial charge in [-0.2, -0.15) is 8.42 Å². The van der Waals surface area contributed by atoms with E-state index >= 15 is 0 Å². The van der Waals surface area contributed by atoms with Gasteiger partial charge in [-0.05, 0) is 0 Å². The minimum atomic E-state index is -4.77. The van der Waals surface area contributed by atoms with Gasteiger partial charge in [0.1, 0.15) is 30.5 Å². The molecule has 1 rings (SSSR count). The molecule has 0 aromatic rings. The lowest BCUT2D eigenvalue weighted by molar-refractivity contribution is -0.303. The minimum Gasteiger partial charge on any atom is -0.394 e. The normalized spacial score (nSPS) is 35.6. The second-order valence-corrected chi connectivity index (χ2v) is 5.49. The number of aliphatic hydroxyl groups excluding tert-OH is 5. The van der Waals surface area contributed by atoms with Crippen molar-refractivity contribution in [3.8, 4) is 0 Å². The largest absolute Gasteiger partial charge is 0.397 e. The summed E-state index contributed by atoms with van der Waals surface area (Å²) in [4.78, 5) is 0. The molecule has 1 aliphatic heterocycles. The summed E-state index contributed by atoms with van der Waals surface area (Å²) in [6, 6.07) is 0. The topological polar surface area (TPSA) is 183 Å². The van der Waals surface area contributed by atoms with Crippen LogP contribution < -0.4 is 0 Å². The molecular formula is C9H18O11S. The molecule has 0 saturated carbocycles. The van der Waals surface area contributed by atoms with Gasteiger partial charge in [-0.25, -0.2) is 4.18 Å². The Labute approximate surface area is 120 Å². The first-order valence-electron chi connectivity index (χ1n) is 5.87. The molecule has 0 bridgehead atoms. The summed E-state index contributed by atoms with van der Waals surface area (Å²) in [6.45, 7) is -1.87. The van der Waals surface area contributed by atoms with E-state index < -0.39 is 67.0 Å². The summed E-state index contributed by atoms with van der Waals surface area (Å²) in [7, 11) is -4.77. The number of ether oxygens (including phenoxy) is 2. The maximum atomic E-state index is 10.5. The summed E-state index contributed by atoms with van der Waals surface area (Å²) in [5.41, 5.74) is 0. The third-order valence-corrected chi connectivity index (χ3v) is 3.15. The van der Waals surface area contributed by atoms with E-state index in [0.717, 1.165) is 0 Å². The highest BCUT2D eigenvalue weighted by molar-refractivity contribution is 7.80. The van der Waals surface area contributed by atoms with Crippen molar-refractivity contribution in [3.63, 3.8) is 0 Å². The van der Waals surface area contributed by atoms with Crippen molar-refractivity contribution in [2.24, 2.45) is 0 Å². The molecule has 1 aliphatic rings. The summed E-state index contributed by atoms with van der Waals surface area (Å²) in [5.74, 6) is 0. The van der Waals surface area contributed by atoms with Crippen molar-refractivity contribution < 1.29 is 52.2 Å². The molecule has 0 aliphatic carbocycles. The first-order chi connectivity index (χ1) is 9.65. The van der Waals surface area contributed by atoms with E-state index in [4.69, 9.17) is 24.2 Å². The van der Waals surface area contributed by atoms with Crippen LogP contribution in [0.1, 0.15) is 0 Å². The fourth-order valence-electron chi connectivity index (χ4n) is 1.60. The van der Waals surface area contributed by atoms with Gasteiger partial charge in [-0.1, -0.05) is 0 Å². The zero-order valence-electron chi connectivity index (χ0n) is 10.7. The first kappa shape index (κ1) is 18.6. The molecule has 126 valence electrons. The molecule has 1 saturated heterocycles. The highest BCUT2D eigenvalue weighted by atomic mass is 32.3. The molecule has 6 atom stereocenters. The van der Waals surface area contributed by atoms with Crippen molar-refractivity contribution >= 4 is 10.4 Å². The van der Waals surface area contributed by atoms with Gasteiger partial charge in [0, 0.05) is 0 Å². The summed E-state index contributed by atoms with van der Waals surface area (Å²) < 4.78 is 43.3. The van der Waals surface area contributed by atoms with Crippen LogP contribution in [0, 0.1) is 0 Å². The van der Waals surface area contributed by atoms with E-state index in [0.29, 0.717) is 0 Å². The van der Waals surface area contributed by atoms with Crippen LogP contribution in [0.3, 0.4) is 0 Å². The average Bonchev–Trinajstić information content (AvgIpc) is 2.41. The lowest BCUT2D eigenvalue weighted by Gasteiger charge is -2.40. The molecule has 12 heteroatoms. The lowest BCUT2D eigenvalue weighted by atomic mass is 9.99. The Morgan fingerprint density at radius 3 is 2.29 bits per heavy atom. The third-order valence-electron chi connectivity index (χ3n) is 2.71. The van der Waals surface area contributed by atoms with E-state index in [2.05, 4.69) is 4.18 Å². The fraction of sp³-hybridized carbons (Fsp3) is 1.00. The summed E-state index contributed by atoms with van der Waals surface area (Å²) >= 11 is 0. The number of hydrogen-bond donors (Lipinski definition) is 6. The van der Waals surface area contributed by atoms with Gasteiger partial charge in [0.15, 0.2) is 6.29 Å². The molecule has 1 unspecified atom stereocenters. The Morgan fingerprint density at radius 1 is 1.14 bits per heavy atom. The van der Waals surface area contributed by atoms with Crippen LogP contribution in [-0.4, -0.2) is 95.1 Å². The second kappa shape index (κ2) is 7.73. The Kier molecular flexibility index (Phi) is 6.86. The Morgan fingerprint density at radius 2 is 1.76 bits per heavy atom. The van der Waals surface area contributed by atoms with Crippen LogP contribution in [0.15, 0.2) is 0 Å². The summed E-state index contributed by atoms with van der Waals surface area (Å²) in [6.07, 6.45) is -9.26. The van der Waals surface area contributed by atoms with E-state index in [9.17, 15) is 23.7 Å². The maximum absolute atomic E-state index is 10.5. The highest BCUT2D eigenvalue weighted by Gasteiger charge is 2.44. The van der Waals surface area contributed by atoms with Crippen LogP contribution in [-0.2, 0) is 24.1 Å². The molecule has 1 fully saturated rings. The van der Waals surface area contributed by atoms with Crippen molar-refractivity contribution in [2.75, 3.05) is 19.8 Å². The van der Waals surface area contributed by atoms with Gasteiger partial charge in [0.25, 0.3) is 0 Å². The number of aliphatic hydroxyl groups is 5. The van der Waals surface area contributed by atoms with Gasteiger partial charge < -0.3 is 35.0 Å². The maximum Gasteiger partial charge on any atom is 0.397 e. The quantitative estimate of drug-likeness (QED) is 0.249. The van der Waals surface area contributed by atoms with Crippen LogP contribution in [0.4, 0.5) is 0 Å². The van der Waals surface area contributed by atoms with Crippen LogP contribution >= 0.6 is 0 Å². The predicted octanol–water partition coefficient (Wildman–Crippen LogP) is -4.02. The summed E-state index contributed by atoms with van der Waals surface area (Å²) in [5, 5.41) is 46.6. The van der Waals surface area contributed by atoms with Gasteiger partial charge in [0.2, 0.25) is 0 Å². The van der Waals surface area contributed by atoms with Crippen molar-refractivity contribution in [3.05, 3.63) is 0 Å². The minimum absolute atomic E-state index is 0.438. The second-order valence-electron chi connectivity index (χ2n) is 4.40. The smallest absolute Gasteiger partial charge is 0.394 e. The zero-order chi connectivity index (χ0) is 16.2. The van der Waals surface area contributed by atoms with Crippen molar-refractivity contribution in [2.45, 2.75) is 36.8 Å². The molecule has 0 aromatic carbocycles. The van der Waals surface area contributed by atoms with E-state index in [1.54, 1.807) is 0 Å².